The Morgan fingerprint density at radius 2 is 2.19 bits per heavy atom. The van der Waals surface area contributed by atoms with Crippen molar-refractivity contribution in [2.45, 2.75) is 19.9 Å². The zero-order valence-electron chi connectivity index (χ0n) is 10.3. The summed E-state index contributed by atoms with van der Waals surface area (Å²) in [5, 5.41) is 0. The molecule has 2 rings (SSSR count). The first-order chi connectivity index (χ1) is 7.58. The fourth-order valence-electron chi connectivity index (χ4n) is 2.19. The normalized spacial score (nSPS) is 22.4. The van der Waals surface area contributed by atoms with Gasteiger partial charge in [0.15, 0.2) is 0 Å². The molecule has 0 radical (unpaired) electrons. The highest BCUT2D eigenvalue weighted by Crippen LogP contribution is 2.21. The van der Waals surface area contributed by atoms with Crippen molar-refractivity contribution in [3.63, 3.8) is 0 Å². The topological polar surface area (TPSA) is 45.4 Å². The van der Waals surface area contributed by atoms with Crippen molar-refractivity contribution in [3.8, 4) is 0 Å². The molecule has 1 aliphatic rings. The quantitative estimate of drug-likeness (QED) is 0.770. The lowest BCUT2D eigenvalue weighted by atomic mass is 10.2. The maximum atomic E-state index is 5.79. The number of hydrogen-bond donors (Lipinski definition) is 1. The Hall–Kier alpha value is -1.29. The predicted octanol–water partition coefficient (Wildman–Crippen LogP) is 1.11. The largest absolute Gasteiger partial charge is 0.397 e. The third-order valence-electron chi connectivity index (χ3n) is 3.26. The van der Waals surface area contributed by atoms with Gasteiger partial charge < -0.3 is 15.5 Å². The number of nitrogens with two attached hydrogens (primary N) is 1. The van der Waals surface area contributed by atoms with Gasteiger partial charge in [-0.15, -0.1) is 0 Å². The Morgan fingerprint density at radius 1 is 1.44 bits per heavy atom. The second-order valence-corrected chi connectivity index (χ2v) is 4.70. The molecule has 2 heterocycles. The third kappa shape index (κ3) is 2.11. The molecule has 0 aliphatic carbocycles. The van der Waals surface area contributed by atoms with Crippen LogP contribution in [0.15, 0.2) is 12.3 Å². The van der Waals surface area contributed by atoms with Gasteiger partial charge in [-0.1, -0.05) is 0 Å². The van der Waals surface area contributed by atoms with Crippen molar-refractivity contribution in [1.82, 2.24) is 9.88 Å². The van der Waals surface area contributed by atoms with E-state index in [0.29, 0.717) is 6.04 Å². The van der Waals surface area contributed by atoms with E-state index >= 15 is 0 Å². The molecule has 16 heavy (non-hydrogen) atoms. The van der Waals surface area contributed by atoms with E-state index in [-0.39, 0.29) is 0 Å². The Morgan fingerprint density at radius 3 is 2.81 bits per heavy atom. The maximum Gasteiger partial charge on any atom is 0.129 e. The van der Waals surface area contributed by atoms with Crippen LogP contribution in [0.25, 0.3) is 0 Å². The van der Waals surface area contributed by atoms with E-state index in [1.165, 1.54) is 0 Å². The zero-order chi connectivity index (χ0) is 11.7. The van der Waals surface area contributed by atoms with Gasteiger partial charge in [-0.05, 0) is 32.5 Å². The number of nitrogen functional groups attached to an aromatic ring is 1. The van der Waals surface area contributed by atoms with Crippen molar-refractivity contribution in [3.05, 3.63) is 17.8 Å². The van der Waals surface area contributed by atoms with E-state index in [9.17, 15) is 0 Å². The van der Waals surface area contributed by atoms with Crippen LogP contribution >= 0.6 is 0 Å². The molecule has 0 saturated carbocycles. The second-order valence-electron chi connectivity index (χ2n) is 4.70. The predicted molar refractivity (Wildman–Crippen MR) is 67.7 cm³/mol. The number of likely N-dealkylation sites (N-methyl/N-ethyl adjacent to an activating group) is 1. The van der Waals surface area contributed by atoms with Crippen LogP contribution in [0.4, 0.5) is 11.5 Å². The number of piperazine rings is 1. The van der Waals surface area contributed by atoms with Crippen LogP contribution in [0, 0.1) is 6.92 Å². The van der Waals surface area contributed by atoms with E-state index < -0.39 is 0 Å². The maximum absolute atomic E-state index is 5.79. The van der Waals surface area contributed by atoms with Gasteiger partial charge >= 0.3 is 0 Å². The van der Waals surface area contributed by atoms with Crippen molar-refractivity contribution >= 4 is 11.5 Å². The number of hydrogen-bond acceptors (Lipinski definition) is 4. The first kappa shape index (κ1) is 11.2. The second kappa shape index (κ2) is 4.29. The summed E-state index contributed by atoms with van der Waals surface area (Å²) in [5.74, 6) is 1.05. The van der Waals surface area contributed by atoms with Crippen LogP contribution in [0.5, 0.6) is 0 Å². The lowest BCUT2D eigenvalue weighted by Crippen LogP contribution is -2.50. The summed E-state index contributed by atoms with van der Waals surface area (Å²) in [6, 6.07) is 2.59. The first-order valence-electron chi connectivity index (χ1n) is 5.75. The summed E-state index contributed by atoms with van der Waals surface area (Å²) in [4.78, 5) is 9.13. The molecule has 1 saturated heterocycles. The van der Waals surface area contributed by atoms with E-state index in [2.05, 4.69) is 34.8 Å². The molecule has 1 fully saturated rings. The van der Waals surface area contributed by atoms with Crippen molar-refractivity contribution in [1.29, 1.82) is 0 Å². The molecule has 0 bridgehead atoms. The van der Waals surface area contributed by atoms with E-state index in [1.807, 2.05) is 6.92 Å². The molecule has 0 amide bonds. The lowest BCUT2D eigenvalue weighted by Gasteiger charge is -2.39. The molecule has 4 heteroatoms. The fourth-order valence-corrected chi connectivity index (χ4v) is 2.19. The highest BCUT2D eigenvalue weighted by Gasteiger charge is 2.22. The van der Waals surface area contributed by atoms with E-state index in [0.717, 1.165) is 36.7 Å². The molecular weight excluding hydrogens is 200 g/mol. The summed E-state index contributed by atoms with van der Waals surface area (Å²) in [6.45, 7) is 7.48. The Labute approximate surface area is 97.1 Å². The van der Waals surface area contributed by atoms with Crippen LogP contribution in [-0.4, -0.2) is 42.6 Å². The van der Waals surface area contributed by atoms with Crippen molar-refractivity contribution in [2.75, 3.05) is 37.3 Å². The van der Waals surface area contributed by atoms with Gasteiger partial charge in [0.1, 0.15) is 5.82 Å². The van der Waals surface area contributed by atoms with Gasteiger partial charge in [-0.2, -0.15) is 0 Å². The molecule has 1 aromatic heterocycles. The molecular formula is C12H20N4. The summed E-state index contributed by atoms with van der Waals surface area (Å²) >= 11 is 0. The number of nitrogens with zero attached hydrogens (tertiary/aromatic N) is 3. The monoisotopic (exact) mass is 220 g/mol. The van der Waals surface area contributed by atoms with Crippen molar-refractivity contribution < 1.29 is 0 Å². The third-order valence-corrected chi connectivity index (χ3v) is 3.26. The lowest BCUT2D eigenvalue weighted by molar-refractivity contribution is 0.274. The van der Waals surface area contributed by atoms with Crippen LogP contribution in [-0.2, 0) is 0 Å². The molecule has 2 N–H and O–H groups in total. The molecule has 1 unspecified atom stereocenters. The van der Waals surface area contributed by atoms with Crippen molar-refractivity contribution in [2.24, 2.45) is 0 Å². The summed E-state index contributed by atoms with van der Waals surface area (Å²) < 4.78 is 0. The molecule has 88 valence electrons. The van der Waals surface area contributed by atoms with Crippen LogP contribution in [0.2, 0.25) is 0 Å². The van der Waals surface area contributed by atoms with Crippen LogP contribution in [0.3, 0.4) is 0 Å². The summed E-state index contributed by atoms with van der Waals surface area (Å²) in [6.07, 6.45) is 1.76. The van der Waals surface area contributed by atoms with Gasteiger partial charge in [0, 0.05) is 25.7 Å². The van der Waals surface area contributed by atoms with Gasteiger partial charge in [0.25, 0.3) is 0 Å². The van der Waals surface area contributed by atoms with Crippen LogP contribution < -0.4 is 10.6 Å². The number of aryl methyl sites for hydroxylation is 1. The average Bonchev–Trinajstić information content (AvgIpc) is 2.22. The Bertz CT molecular complexity index is 377. The van der Waals surface area contributed by atoms with Gasteiger partial charge in [0.2, 0.25) is 0 Å². The van der Waals surface area contributed by atoms with Gasteiger partial charge in [-0.3, -0.25) is 0 Å². The molecule has 0 aromatic carbocycles. The van der Waals surface area contributed by atoms with E-state index in [4.69, 9.17) is 5.73 Å². The standard InChI is InChI=1S/C12H20N4/c1-9-6-12(14-7-11(9)13)16-5-4-15(3)8-10(16)2/h6-7,10H,4-5,8,13H2,1-3H3. The summed E-state index contributed by atoms with van der Waals surface area (Å²) in [7, 11) is 2.16. The number of aromatic nitrogens is 1. The first-order valence-corrected chi connectivity index (χ1v) is 5.75. The molecule has 1 aliphatic heterocycles. The minimum atomic E-state index is 0.509. The number of anilines is 2. The molecule has 1 aromatic rings. The fraction of sp³-hybridized carbons (Fsp3) is 0.583. The van der Waals surface area contributed by atoms with Crippen LogP contribution in [0.1, 0.15) is 12.5 Å². The number of pyridine rings is 1. The molecule has 1 atom stereocenters. The smallest absolute Gasteiger partial charge is 0.129 e. The minimum Gasteiger partial charge on any atom is -0.397 e. The average molecular weight is 220 g/mol. The molecule has 0 spiro atoms. The zero-order valence-corrected chi connectivity index (χ0v) is 10.3. The highest BCUT2D eigenvalue weighted by molar-refractivity contribution is 5.52. The highest BCUT2D eigenvalue weighted by atomic mass is 15.3. The molecule has 4 nitrogen and oxygen atoms in total. The van der Waals surface area contributed by atoms with Gasteiger partial charge in [0.05, 0.1) is 11.9 Å². The SMILES string of the molecule is Cc1cc(N2CCN(C)CC2C)ncc1N. The van der Waals surface area contributed by atoms with E-state index in [1.54, 1.807) is 6.20 Å². The Kier molecular flexibility index (Phi) is 3.01. The van der Waals surface area contributed by atoms with Gasteiger partial charge in [-0.25, -0.2) is 4.98 Å². The number of rotatable bonds is 1. The minimum absolute atomic E-state index is 0.509. The summed E-state index contributed by atoms with van der Waals surface area (Å²) in [5.41, 5.74) is 7.66. The Balaban J connectivity index is 2.20.